The van der Waals surface area contributed by atoms with Gasteiger partial charge in [-0.05, 0) is 23.1 Å². The lowest BCUT2D eigenvalue weighted by molar-refractivity contribution is 0.0942. The molecule has 3 N–H and O–H groups in total. The van der Waals surface area contributed by atoms with Crippen molar-refractivity contribution in [3.05, 3.63) is 53.3 Å². The first-order valence-electron chi connectivity index (χ1n) is 7.10. The monoisotopic (exact) mass is 286 g/mol. The highest BCUT2D eigenvalue weighted by molar-refractivity contribution is 5.92. The van der Waals surface area contributed by atoms with Crippen LogP contribution in [0.15, 0.2) is 36.5 Å². The molecule has 0 bridgehead atoms. The number of carbonyl (C=O) groups is 1. The van der Waals surface area contributed by atoms with Gasteiger partial charge in [0.2, 0.25) is 0 Å². The fourth-order valence-electron chi connectivity index (χ4n) is 2.14. The van der Waals surface area contributed by atoms with E-state index in [1.807, 2.05) is 12.1 Å². The van der Waals surface area contributed by atoms with Crippen molar-refractivity contribution in [3.63, 3.8) is 0 Å². The van der Waals surface area contributed by atoms with Crippen LogP contribution in [0.25, 0.3) is 0 Å². The summed E-state index contributed by atoms with van der Waals surface area (Å²) in [7, 11) is 1.74. The molecule has 0 saturated heterocycles. The molecular formula is C16H22N4O. The molecule has 1 unspecified atom stereocenters. The van der Waals surface area contributed by atoms with Gasteiger partial charge in [-0.3, -0.25) is 9.48 Å². The number of carbonyl (C=O) groups excluding carboxylic acids is 1. The first kappa shape index (κ1) is 15.3. The van der Waals surface area contributed by atoms with E-state index in [4.69, 9.17) is 5.73 Å². The Balaban J connectivity index is 1.94. The molecule has 5 heteroatoms. The minimum Gasteiger partial charge on any atom is -0.349 e. The van der Waals surface area contributed by atoms with E-state index in [2.05, 4.69) is 36.4 Å². The molecule has 0 fully saturated rings. The van der Waals surface area contributed by atoms with Gasteiger partial charge in [-0.2, -0.15) is 5.10 Å². The Morgan fingerprint density at radius 3 is 2.38 bits per heavy atom. The number of hydrogen-bond acceptors (Lipinski definition) is 3. The van der Waals surface area contributed by atoms with E-state index in [1.165, 1.54) is 10.2 Å². The van der Waals surface area contributed by atoms with E-state index in [1.54, 1.807) is 19.3 Å². The molecule has 21 heavy (non-hydrogen) atoms. The SMILES string of the molecule is CC(C)c1ccc(C(N)CNC(=O)c2ccnn2C)cc1. The van der Waals surface area contributed by atoms with Gasteiger partial charge in [0.15, 0.2) is 0 Å². The molecule has 0 aliphatic carbocycles. The van der Waals surface area contributed by atoms with Gasteiger partial charge >= 0.3 is 0 Å². The summed E-state index contributed by atoms with van der Waals surface area (Å²) in [6, 6.07) is 9.68. The van der Waals surface area contributed by atoms with Crippen molar-refractivity contribution in [3.8, 4) is 0 Å². The summed E-state index contributed by atoms with van der Waals surface area (Å²) in [5.74, 6) is 0.337. The maximum Gasteiger partial charge on any atom is 0.269 e. The van der Waals surface area contributed by atoms with Gasteiger partial charge in [-0.25, -0.2) is 0 Å². The number of nitrogens with zero attached hydrogens (tertiary/aromatic N) is 2. The highest BCUT2D eigenvalue weighted by atomic mass is 16.2. The van der Waals surface area contributed by atoms with E-state index in [0.29, 0.717) is 18.2 Å². The van der Waals surface area contributed by atoms with E-state index in [0.717, 1.165) is 5.56 Å². The minimum absolute atomic E-state index is 0.163. The number of aromatic nitrogens is 2. The van der Waals surface area contributed by atoms with Gasteiger partial charge in [0, 0.05) is 25.8 Å². The maximum atomic E-state index is 12.0. The third-order valence-electron chi connectivity index (χ3n) is 3.57. The Kier molecular flexibility index (Phi) is 4.75. The molecule has 0 aliphatic rings. The minimum atomic E-state index is -0.219. The Labute approximate surface area is 125 Å². The zero-order chi connectivity index (χ0) is 15.4. The van der Waals surface area contributed by atoms with E-state index < -0.39 is 0 Å². The number of nitrogens with one attached hydrogen (secondary N) is 1. The molecule has 0 spiro atoms. The average Bonchev–Trinajstić information content (AvgIpc) is 2.90. The van der Waals surface area contributed by atoms with Gasteiger partial charge in [0.05, 0.1) is 0 Å². The lowest BCUT2D eigenvalue weighted by Gasteiger charge is -2.14. The summed E-state index contributed by atoms with van der Waals surface area (Å²) >= 11 is 0. The molecule has 5 nitrogen and oxygen atoms in total. The number of rotatable bonds is 5. The second-order valence-electron chi connectivity index (χ2n) is 5.48. The zero-order valence-corrected chi connectivity index (χ0v) is 12.7. The van der Waals surface area contributed by atoms with Crippen LogP contribution in [0.4, 0.5) is 0 Å². The first-order valence-corrected chi connectivity index (χ1v) is 7.10. The van der Waals surface area contributed by atoms with Crippen LogP contribution in [0.1, 0.15) is 47.4 Å². The number of nitrogens with two attached hydrogens (primary N) is 1. The summed E-state index contributed by atoms with van der Waals surface area (Å²) in [5.41, 5.74) is 8.95. The van der Waals surface area contributed by atoms with Crippen LogP contribution in [0, 0.1) is 0 Å². The quantitative estimate of drug-likeness (QED) is 0.882. The summed E-state index contributed by atoms with van der Waals surface area (Å²) in [4.78, 5) is 12.0. The van der Waals surface area contributed by atoms with Crippen LogP contribution in [0.5, 0.6) is 0 Å². The first-order chi connectivity index (χ1) is 9.99. The molecule has 2 rings (SSSR count). The van der Waals surface area contributed by atoms with Gasteiger partial charge in [-0.15, -0.1) is 0 Å². The molecule has 1 amide bonds. The Morgan fingerprint density at radius 2 is 1.86 bits per heavy atom. The molecule has 1 atom stereocenters. The van der Waals surface area contributed by atoms with Gasteiger partial charge in [0.1, 0.15) is 5.69 Å². The van der Waals surface area contributed by atoms with Crippen molar-refractivity contribution in [1.29, 1.82) is 0 Å². The molecule has 0 saturated carbocycles. The molecule has 112 valence electrons. The Hall–Kier alpha value is -2.14. The Morgan fingerprint density at radius 1 is 1.24 bits per heavy atom. The molecule has 0 aliphatic heterocycles. The normalized spacial score (nSPS) is 12.4. The third kappa shape index (κ3) is 3.70. The summed E-state index contributed by atoms with van der Waals surface area (Å²) < 4.78 is 1.54. The van der Waals surface area contributed by atoms with Crippen molar-refractivity contribution < 1.29 is 4.79 Å². The fourth-order valence-corrected chi connectivity index (χ4v) is 2.14. The standard InChI is InChI=1S/C16H22N4O/c1-11(2)12-4-6-13(7-5-12)14(17)10-18-16(21)15-8-9-19-20(15)3/h4-9,11,14H,10,17H2,1-3H3,(H,18,21). The maximum absolute atomic E-state index is 12.0. The van der Waals surface area contributed by atoms with Crippen LogP contribution < -0.4 is 11.1 Å². The lowest BCUT2D eigenvalue weighted by Crippen LogP contribution is -2.33. The molecule has 1 heterocycles. The van der Waals surface area contributed by atoms with Crippen molar-refractivity contribution in [1.82, 2.24) is 15.1 Å². The van der Waals surface area contributed by atoms with Crippen LogP contribution in [0.2, 0.25) is 0 Å². The molecular weight excluding hydrogens is 264 g/mol. The Bertz CT molecular complexity index is 601. The molecule has 2 aromatic rings. The lowest BCUT2D eigenvalue weighted by atomic mass is 9.99. The third-order valence-corrected chi connectivity index (χ3v) is 3.57. The van der Waals surface area contributed by atoms with Crippen molar-refractivity contribution in [2.24, 2.45) is 12.8 Å². The topological polar surface area (TPSA) is 72.9 Å². The van der Waals surface area contributed by atoms with Crippen molar-refractivity contribution >= 4 is 5.91 Å². The predicted octanol–water partition coefficient (Wildman–Crippen LogP) is 1.97. The van der Waals surface area contributed by atoms with Crippen LogP contribution in [-0.4, -0.2) is 22.2 Å². The fraction of sp³-hybridized carbons (Fsp3) is 0.375. The number of amides is 1. The summed E-state index contributed by atoms with van der Waals surface area (Å²) in [6.45, 7) is 4.71. The van der Waals surface area contributed by atoms with E-state index in [9.17, 15) is 4.79 Å². The zero-order valence-electron chi connectivity index (χ0n) is 12.7. The van der Waals surface area contributed by atoms with E-state index >= 15 is 0 Å². The highest BCUT2D eigenvalue weighted by Crippen LogP contribution is 2.17. The van der Waals surface area contributed by atoms with Gasteiger partial charge in [-0.1, -0.05) is 38.1 Å². The average molecular weight is 286 g/mol. The largest absolute Gasteiger partial charge is 0.349 e. The van der Waals surface area contributed by atoms with Crippen LogP contribution in [-0.2, 0) is 7.05 Å². The summed E-state index contributed by atoms with van der Waals surface area (Å²) in [5, 5.41) is 6.81. The van der Waals surface area contributed by atoms with Gasteiger partial charge in [0.25, 0.3) is 5.91 Å². The summed E-state index contributed by atoms with van der Waals surface area (Å²) in [6.07, 6.45) is 1.60. The van der Waals surface area contributed by atoms with Crippen molar-refractivity contribution in [2.75, 3.05) is 6.54 Å². The molecule has 1 aromatic heterocycles. The number of benzene rings is 1. The van der Waals surface area contributed by atoms with Crippen LogP contribution >= 0.6 is 0 Å². The molecule has 0 radical (unpaired) electrons. The second kappa shape index (κ2) is 6.54. The van der Waals surface area contributed by atoms with E-state index in [-0.39, 0.29) is 11.9 Å². The highest BCUT2D eigenvalue weighted by Gasteiger charge is 2.12. The predicted molar refractivity (Wildman–Crippen MR) is 83.0 cm³/mol. The molecule has 1 aromatic carbocycles. The smallest absolute Gasteiger partial charge is 0.269 e. The number of aryl methyl sites for hydroxylation is 1. The van der Waals surface area contributed by atoms with Gasteiger partial charge < -0.3 is 11.1 Å². The van der Waals surface area contributed by atoms with Crippen LogP contribution in [0.3, 0.4) is 0 Å². The second-order valence-corrected chi connectivity index (χ2v) is 5.48. The van der Waals surface area contributed by atoms with Crippen molar-refractivity contribution in [2.45, 2.75) is 25.8 Å². The number of hydrogen-bond donors (Lipinski definition) is 2.